The van der Waals surface area contributed by atoms with Crippen LogP contribution in [0.15, 0.2) is 70.3 Å². The maximum atomic E-state index is 13.8. The zero-order valence-corrected chi connectivity index (χ0v) is 24.7. The van der Waals surface area contributed by atoms with Crippen LogP contribution in [-0.4, -0.2) is 32.7 Å². The number of halogens is 1. The third-order valence-corrected chi connectivity index (χ3v) is 7.51. The maximum absolute atomic E-state index is 13.8. The van der Waals surface area contributed by atoms with Gasteiger partial charge < -0.3 is 20.1 Å². The zero-order valence-electron chi connectivity index (χ0n) is 23.1. The summed E-state index contributed by atoms with van der Waals surface area (Å²) in [6.07, 6.45) is 0. The van der Waals surface area contributed by atoms with E-state index in [0.717, 1.165) is 33.5 Å². The van der Waals surface area contributed by atoms with Crippen molar-refractivity contribution in [3.8, 4) is 11.5 Å². The van der Waals surface area contributed by atoms with Crippen molar-refractivity contribution in [1.29, 1.82) is 0 Å². The summed E-state index contributed by atoms with van der Waals surface area (Å²) in [6.45, 7) is 10.6. The number of hydrogen-bond acceptors (Lipinski definition) is 7. The van der Waals surface area contributed by atoms with Crippen LogP contribution in [0.25, 0.3) is 0 Å². The van der Waals surface area contributed by atoms with Gasteiger partial charge in [0.15, 0.2) is 11.5 Å². The Morgan fingerprint density at radius 2 is 1.88 bits per heavy atom. The van der Waals surface area contributed by atoms with E-state index >= 15 is 0 Å². The lowest BCUT2D eigenvalue weighted by Crippen LogP contribution is -2.31. The Balaban J connectivity index is 1.54. The molecule has 0 radical (unpaired) electrons. The number of hydrogen-bond donors (Lipinski definition) is 2. The molecule has 0 saturated carbocycles. The van der Waals surface area contributed by atoms with Crippen molar-refractivity contribution in [2.45, 2.75) is 47.3 Å². The molecule has 1 aliphatic heterocycles. The lowest BCUT2D eigenvalue weighted by Gasteiger charge is -2.29. The molecule has 0 aliphatic carbocycles. The molecule has 5 rings (SSSR count). The van der Waals surface area contributed by atoms with Gasteiger partial charge in [-0.25, -0.2) is 0 Å². The van der Waals surface area contributed by atoms with E-state index in [-0.39, 0.29) is 5.91 Å². The lowest BCUT2D eigenvalue weighted by molar-refractivity contribution is -0.113. The summed E-state index contributed by atoms with van der Waals surface area (Å²) in [5.41, 5.74) is 6.98. The molecule has 2 N–H and O–H groups in total. The number of benzene rings is 3. The molecule has 3 aromatic carbocycles. The average molecular weight is 604 g/mol. The number of nitrogens with zero attached hydrogens (tertiary/aromatic N) is 4. The van der Waals surface area contributed by atoms with E-state index in [4.69, 9.17) is 9.47 Å². The molecule has 0 fully saturated rings. The highest BCUT2D eigenvalue weighted by Crippen LogP contribution is 2.43. The summed E-state index contributed by atoms with van der Waals surface area (Å²) in [5.74, 6) is 1.33. The van der Waals surface area contributed by atoms with Crippen LogP contribution in [-0.2, 0) is 11.4 Å². The highest BCUT2D eigenvalue weighted by molar-refractivity contribution is 9.10. The molecule has 10 heteroatoms. The van der Waals surface area contributed by atoms with E-state index in [1.807, 2.05) is 70.2 Å². The van der Waals surface area contributed by atoms with Crippen molar-refractivity contribution in [3.05, 3.63) is 98.2 Å². The van der Waals surface area contributed by atoms with Crippen LogP contribution in [0.3, 0.4) is 0 Å². The molecule has 0 spiro atoms. The molecule has 1 atom stereocenters. The molecule has 1 aromatic heterocycles. The third kappa shape index (κ3) is 5.44. The minimum Gasteiger partial charge on any atom is -0.490 e. The fraction of sp³-hybridized carbons (Fsp3) is 0.267. The van der Waals surface area contributed by atoms with E-state index in [0.29, 0.717) is 46.4 Å². The molecule has 1 amide bonds. The molecule has 9 nitrogen and oxygen atoms in total. The number of carbonyl (C=O) groups is 1. The van der Waals surface area contributed by atoms with Gasteiger partial charge in [-0.1, -0.05) is 47.1 Å². The van der Waals surface area contributed by atoms with Crippen LogP contribution in [0.4, 0.5) is 11.6 Å². The summed E-state index contributed by atoms with van der Waals surface area (Å²) in [4.78, 5) is 13.8. The first-order chi connectivity index (χ1) is 19.3. The summed E-state index contributed by atoms with van der Waals surface area (Å²) < 4.78 is 14.6. The second-order valence-electron chi connectivity index (χ2n) is 9.76. The first-order valence-electron chi connectivity index (χ1n) is 13.0. The number of nitrogens with one attached hydrogen (secondary N) is 2. The number of anilines is 2. The van der Waals surface area contributed by atoms with Gasteiger partial charge >= 0.3 is 0 Å². The number of amides is 1. The minimum atomic E-state index is -0.613. The largest absolute Gasteiger partial charge is 0.490 e. The summed E-state index contributed by atoms with van der Waals surface area (Å²) in [5, 5.41) is 18.5. The van der Waals surface area contributed by atoms with Crippen molar-refractivity contribution >= 4 is 33.5 Å². The Labute approximate surface area is 241 Å². The Hall–Kier alpha value is -4.18. The zero-order chi connectivity index (χ0) is 28.4. The summed E-state index contributed by atoms with van der Waals surface area (Å²) >= 11 is 3.70. The van der Waals surface area contributed by atoms with E-state index in [1.54, 1.807) is 4.68 Å². The Morgan fingerprint density at radius 3 is 2.65 bits per heavy atom. The molecule has 0 saturated heterocycles. The molecule has 206 valence electrons. The van der Waals surface area contributed by atoms with Crippen molar-refractivity contribution in [2.75, 3.05) is 17.2 Å². The molecule has 40 heavy (non-hydrogen) atoms. The quantitative estimate of drug-likeness (QED) is 0.245. The van der Waals surface area contributed by atoms with Gasteiger partial charge in [0.2, 0.25) is 5.95 Å². The van der Waals surface area contributed by atoms with Gasteiger partial charge in [-0.15, -0.1) is 0 Å². The van der Waals surface area contributed by atoms with Crippen LogP contribution in [0.5, 0.6) is 11.5 Å². The highest BCUT2D eigenvalue weighted by Gasteiger charge is 2.35. The molecule has 2 heterocycles. The monoisotopic (exact) mass is 602 g/mol. The molecule has 0 bridgehead atoms. The second kappa shape index (κ2) is 11.5. The highest BCUT2D eigenvalue weighted by atomic mass is 79.9. The third-order valence-electron chi connectivity index (χ3n) is 6.92. The Bertz CT molecular complexity index is 1610. The van der Waals surface area contributed by atoms with Gasteiger partial charge in [0.25, 0.3) is 5.91 Å². The minimum absolute atomic E-state index is 0.251. The van der Waals surface area contributed by atoms with Crippen molar-refractivity contribution in [1.82, 2.24) is 20.2 Å². The fourth-order valence-electron chi connectivity index (χ4n) is 4.80. The SMILES string of the molecule is CCOc1cc(C2C(C(=O)Nc3cccc(C)c3C)=C(C)Nc3nnnn32)cc(Br)c1OCc1cccc(C)c1. The second-order valence-corrected chi connectivity index (χ2v) is 10.6. The van der Waals surface area contributed by atoms with Gasteiger partial charge in [-0.05, 0) is 101 Å². The predicted molar refractivity (Wildman–Crippen MR) is 158 cm³/mol. The number of allylic oxidation sites excluding steroid dienone is 1. The number of aromatic nitrogens is 4. The van der Waals surface area contributed by atoms with Crippen molar-refractivity contribution < 1.29 is 14.3 Å². The van der Waals surface area contributed by atoms with E-state index in [9.17, 15) is 4.79 Å². The summed E-state index contributed by atoms with van der Waals surface area (Å²) in [6, 6.07) is 17.2. The van der Waals surface area contributed by atoms with Crippen LogP contribution in [0, 0.1) is 20.8 Å². The Kier molecular flexibility index (Phi) is 7.88. The molecule has 1 aliphatic rings. The van der Waals surface area contributed by atoms with Crippen molar-refractivity contribution in [3.63, 3.8) is 0 Å². The molecular formula is C30H31BrN6O3. The fourth-order valence-corrected chi connectivity index (χ4v) is 5.37. The molecule has 1 unspecified atom stereocenters. The van der Waals surface area contributed by atoms with Gasteiger partial charge in [-0.3, -0.25) is 4.79 Å². The van der Waals surface area contributed by atoms with E-state index < -0.39 is 6.04 Å². The maximum Gasteiger partial charge on any atom is 0.255 e. The predicted octanol–water partition coefficient (Wildman–Crippen LogP) is 6.27. The van der Waals surface area contributed by atoms with Gasteiger partial charge in [0.05, 0.1) is 16.7 Å². The number of rotatable bonds is 8. The number of aryl methyl sites for hydroxylation is 2. The van der Waals surface area contributed by atoms with E-state index in [2.05, 4.69) is 61.1 Å². The smallest absolute Gasteiger partial charge is 0.255 e. The molecule has 4 aromatic rings. The van der Waals surface area contributed by atoms with Crippen LogP contribution in [0.2, 0.25) is 0 Å². The number of carbonyl (C=O) groups excluding carboxylic acids is 1. The van der Waals surface area contributed by atoms with E-state index in [1.165, 1.54) is 0 Å². The topological polar surface area (TPSA) is 103 Å². The Morgan fingerprint density at radius 1 is 1.07 bits per heavy atom. The molecular weight excluding hydrogens is 572 g/mol. The standard InChI is InChI=1S/C30H31BrN6O3/c1-6-39-25-15-22(14-23(31)28(25)40-16-21-11-7-9-17(2)13-21)27-26(20(5)32-30-34-35-36-37(27)30)29(38)33-24-12-8-10-18(3)19(24)4/h7-15,27H,6,16H2,1-5H3,(H,33,38)(H,32,34,36). The van der Waals surface area contributed by atoms with Crippen LogP contribution < -0.4 is 20.1 Å². The van der Waals surface area contributed by atoms with Gasteiger partial charge in [-0.2, -0.15) is 4.68 Å². The number of ether oxygens (including phenoxy) is 2. The number of fused-ring (bicyclic) bond motifs is 1. The summed E-state index contributed by atoms with van der Waals surface area (Å²) in [7, 11) is 0. The lowest BCUT2D eigenvalue weighted by atomic mass is 9.94. The van der Waals surface area contributed by atoms with Crippen LogP contribution >= 0.6 is 15.9 Å². The number of tetrazole rings is 1. The van der Waals surface area contributed by atoms with Crippen LogP contribution in [0.1, 0.15) is 47.7 Å². The van der Waals surface area contributed by atoms with Crippen molar-refractivity contribution in [2.24, 2.45) is 0 Å². The average Bonchev–Trinajstić information content (AvgIpc) is 3.38. The normalized spacial score (nSPS) is 14.4. The van der Waals surface area contributed by atoms with Gasteiger partial charge in [0.1, 0.15) is 12.6 Å². The van der Waals surface area contributed by atoms with Gasteiger partial charge in [0, 0.05) is 11.4 Å². The first-order valence-corrected chi connectivity index (χ1v) is 13.8. The first kappa shape index (κ1) is 27.4.